The minimum Gasteiger partial charge on any atom is -0.320 e. The average Bonchev–Trinajstić information content (AvgIpc) is 2.85. The lowest BCUT2D eigenvalue weighted by Crippen LogP contribution is -2.03. The number of carbonyl (C=O) groups is 1. The van der Waals surface area contributed by atoms with Gasteiger partial charge in [0.1, 0.15) is 0 Å². The Morgan fingerprint density at radius 3 is 3.00 bits per heavy atom. The van der Waals surface area contributed by atoms with Crippen LogP contribution in [0.3, 0.4) is 0 Å². The molecule has 1 N–H and O–H groups in total. The molecule has 0 spiro atoms. The molecular formula is C12H7ClN2OS. The Morgan fingerprint density at radius 2 is 2.24 bits per heavy atom. The molecule has 0 bridgehead atoms. The van der Waals surface area contributed by atoms with Gasteiger partial charge in [0.2, 0.25) is 0 Å². The van der Waals surface area contributed by atoms with Crippen LogP contribution in [0.4, 0.5) is 5.69 Å². The van der Waals surface area contributed by atoms with Crippen LogP contribution in [0.2, 0.25) is 4.34 Å². The lowest BCUT2D eigenvalue weighted by molar-refractivity contribution is -0.110. The third-order valence-electron chi connectivity index (χ3n) is 2.44. The number of nitrogens with one attached hydrogen (secondary N) is 1. The molecule has 0 atom stereocenters. The highest BCUT2D eigenvalue weighted by atomic mass is 35.5. The quantitative estimate of drug-likeness (QED) is 0.802. The second-order valence-electron chi connectivity index (χ2n) is 3.55. The number of thiophene rings is 1. The number of fused-ring (bicyclic) bond motifs is 1. The normalized spacial score (nSPS) is 16.1. The van der Waals surface area contributed by atoms with E-state index in [1.807, 2.05) is 24.3 Å². The minimum atomic E-state index is -0.122. The Hall–Kier alpha value is -1.65. The first-order chi connectivity index (χ1) is 8.24. The van der Waals surface area contributed by atoms with Crippen molar-refractivity contribution < 1.29 is 4.79 Å². The Morgan fingerprint density at radius 1 is 1.35 bits per heavy atom. The van der Waals surface area contributed by atoms with E-state index in [4.69, 9.17) is 11.6 Å². The number of rotatable bonds is 1. The van der Waals surface area contributed by atoms with Crippen molar-refractivity contribution in [2.24, 2.45) is 0 Å². The van der Waals surface area contributed by atoms with Gasteiger partial charge in [0.05, 0.1) is 21.3 Å². The second-order valence-corrected chi connectivity index (χ2v) is 5.30. The molecule has 0 aliphatic carbocycles. The van der Waals surface area contributed by atoms with E-state index >= 15 is 0 Å². The lowest BCUT2D eigenvalue weighted by Gasteiger charge is -1.94. The van der Waals surface area contributed by atoms with Crippen molar-refractivity contribution in [1.82, 2.24) is 4.98 Å². The zero-order valence-electron chi connectivity index (χ0n) is 8.61. The maximum atomic E-state index is 11.8. The molecule has 0 unspecified atom stereocenters. The van der Waals surface area contributed by atoms with Crippen LogP contribution in [-0.2, 0) is 4.79 Å². The number of hydrogen-bond donors (Lipinski definition) is 1. The Kier molecular flexibility index (Phi) is 2.46. The van der Waals surface area contributed by atoms with Gasteiger partial charge in [-0.1, -0.05) is 11.6 Å². The summed E-state index contributed by atoms with van der Waals surface area (Å²) < 4.78 is 0.705. The molecule has 0 radical (unpaired) electrons. The molecule has 0 saturated carbocycles. The fourth-order valence-electron chi connectivity index (χ4n) is 1.70. The van der Waals surface area contributed by atoms with Gasteiger partial charge < -0.3 is 5.32 Å². The SMILES string of the molecule is O=C1Nc2cccnc2C1=Cc1ccc(Cl)s1. The average molecular weight is 263 g/mol. The number of nitrogens with zero attached hydrogens (tertiary/aromatic N) is 1. The summed E-state index contributed by atoms with van der Waals surface area (Å²) in [5, 5.41) is 2.78. The van der Waals surface area contributed by atoms with Gasteiger partial charge in [-0.2, -0.15) is 0 Å². The number of pyridine rings is 1. The maximum Gasteiger partial charge on any atom is 0.258 e. The molecule has 84 valence electrons. The monoisotopic (exact) mass is 262 g/mol. The number of amides is 1. The molecule has 2 aromatic rings. The summed E-state index contributed by atoms with van der Waals surface area (Å²) in [6.45, 7) is 0. The zero-order chi connectivity index (χ0) is 11.8. The fourth-order valence-corrected chi connectivity index (χ4v) is 2.70. The van der Waals surface area contributed by atoms with E-state index in [0.29, 0.717) is 15.6 Å². The van der Waals surface area contributed by atoms with Gasteiger partial charge in [0, 0.05) is 11.1 Å². The summed E-state index contributed by atoms with van der Waals surface area (Å²) >= 11 is 7.29. The van der Waals surface area contributed by atoms with Crippen molar-refractivity contribution in [1.29, 1.82) is 0 Å². The first kappa shape index (κ1) is 10.5. The molecule has 2 aromatic heterocycles. The predicted octanol–water partition coefficient (Wildman–Crippen LogP) is 3.29. The maximum absolute atomic E-state index is 11.8. The van der Waals surface area contributed by atoms with Crippen molar-refractivity contribution in [3.63, 3.8) is 0 Å². The highest BCUT2D eigenvalue weighted by Gasteiger charge is 2.24. The first-order valence-electron chi connectivity index (χ1n) is 4.98. The summed E-state index contributed by atoms with van der Waals surface area (Å²) in [6.07, 6.45) is 3.49. The van der Waals surface area contributed by atoms with Gasteiger partial charge in [0.25, 0.3) is 5.91 Å². The van der Waals surface area contributed by atoms with E-state index in [2.05, 4.69) is 10.3 Å². The minimum absolute atomic E-state index is 0.122. The third-order valence-corrected chi connectivity index (χ3v) is 3.61. The van der Waals surface area contributed by atoms with Crippen LogP contribution >= 0.6 is 22.9 Å². The molecule has 3 nitrogen and oxygen atoms in total. The summed E-state index contributed by atoms with van der Waals surface area (Å²) in [5.41, 5.74) is 2.03. The van der Waals surface area contributed by atoms with Gasteiger partial charge in [0.15, 0.2) is 0 Å². The van der Waals surface area contributed by atoms with Crippen LogP contribution in [0.15, 0.2) is 30.5 Å². The Labute approximate surface area is 107 Å². The predicted molar refractivity (Wildman–Crippen MR) is 70.1 cm³/mol. The van der Waals surface area contributed by atoms with E-state index in [1.165, 1.54) is 11.3 Å². The molecule has 3 rings (SSSR count). The molecule has 5 heteroatoms. The van der Waals surface area contributed by atoms with Crippen LogP contribution in [0, 0.1) is 0 Å². The Bertz CT molecular complexity index is 633. The van der Waals surface area contributed by atoms with Gasteiger partial charge in [-0.25, -0.2) is 0 Å². The summed E-state index contributed by atoms with van der Waals surface area (Å²) in [5.74, 6) is -0.122. The number of halogens is 1. The Balaban J connectivity index is 2.09. The molecule has 17 heavy (non-hydrogen) atoms. The van der Waals surface area contributed by atoms with E-state index in [1.54, 1.807) is 12.3 Å². The molecular weight excluding hydrogens is 256 g/mol. The van der Waals surface area contributed by atoms with Crippen molar-refractivity contribution in [2.75, 3.05) is 5.32 Å². The van der Waals surface area contributed by atoms with Gasteiger partial charge >= 0.3 is 0 Å². The molecule has 0 saturated heterocycles. The van der Waals surface area contributed by atoms with Crippen molar-refractivity contribution in [2.45, 2.75) is 0 Å². The molecule has 1 amide bonds. The largest absolute Gasteiger partial charge is 0.320 e. The van der Waals surface area contributed by atoms with E-state index < -0.39 is 0 Å². The lowest BCUT2D eigenvalue weighted by atomic mass is 10.1. The summed E-state index contributed by atoms with van der Waals surface area (Å²) in [4.78, 5) is 17.0. The topological polar surface area (TPSA) is 42.0 Å². The highest BCUT2D eigenvalue weighted by Crippen LogP contribution is 2.32. The fraction of sp³-hybridized carbons (Fsp3) is 0. The number of aromatic nitrogens is 1. The number of anilines is 1. The molecule has 1 aliphatic rings. The van der Waals surface area contributed by atoms with Crippen molar-refractivity contribution in [3.8, 4) is 0 Å². The molecule has 1 aliphatic heterocycles. The van der Waals surface area contributed by atoms with Crippen LogP contribution in [0.5, 0.6) is 0 Å². The van der Waals surface area contributed by atoms with Gasteiger partial charge in [-0.15, -0.1) is 11.3 Å². The van der Waals surface area contributed by atoms with E-state index in [0.717, 1.165) is 10.6 Å². The molecule has 3 heterocycles. The third kappa shape index (κ3) is 1.85. The van der Waals surface area contributed by atoms with Crippen molar-refractivity contribution >= 4 is 46.2 Å². The van der Waals surface area contributed by atoms with Gasteiger partial charge in [-0.05, 0) is 30.3 Å². The van der Waals surface area contributed by atoms with Crippen LogP contribution in [-0.4, -0.2) is 10.9 Å². The molecule has 0 aromatic carbocycles. The summed E-state index contributed by atoms with van der Waals surface area (Å²) in [7, 11) is 0. The van der Waals surface area contributed by atoms with Gasteiger partial charge in [-0.3, -0.25) is 9.78 Å². The van der Waals surface area contributed by atoms with E-state index in [9.17, 15) is 4.79 Å². The van der Waals surface area contributed by atoms with E-state index in [-0.39, 0.29) is 5.91 Å². The second kappa shape index (κ2) is 3.98. The smallest absolute Gasteiger partial charge is 0.258 e. The highest BCUT2D eigenvalue weighted by molar-refractivity contribution is 7.17. The number of hydrogen-bond acceptors (Lipinski definition) is 3. The van der Waals surface area contributed by atoms with Crippen LogP contribution < -0.4 is 5.32 Å². The standard InChI is InChI=1S/C12H7ClN2OS/c13-10-4-3-7(17-10)6-8-11-9(15-12(8)16)2-1-5-14-11/h1-6H,(H,15,16). The molecule has 0 fully saturated rings. The first-order valence-corrected chi connectivity index (χ1v) is 6.17. The number of carbonyl (C=O) groups excluding carboxylic acids is 1. The van der Waals surface area contributed by atoms with Crippen LogP contribution in [0.25, 0.3) is 11.6 Å². The summed E-state index contributed by atoms with van der Waals surface area (Å²) in [6, 6.07) is 7.32. The van der Waals surface area contributed by atoms with Crippen molar-refractivity contribution in [3.05, 3.63) is 45.4 Å². The zero-order valence-corrected chi connectivity index (χ0v) is 10.2. The van der Waals surface area contributed by atoms with Crippen LogP contribution in [0.1, 0.15) is 10.6 Å².